The first-order chi connectivity index (χ1) is 11.6. The number of carbonyl (C=O) groups excluding carboxylic acids is 2. The number of piperidine rings is 1. The fourth-order valence-corrected chi connectivity index (χ4v) is 3.56. The third-order valence-electron chi connectivity index (χ3n) is 5.04. The summed E-state index contributed by atoms with van der Waals surface area (Å²) in [6, 6.07) is 3.84. The van der Waals surface area contributed by atoms with Gasteiger partial charge in [-0.05, 0) is 37.3 Å². The van der Waals surface area contributed by atoms with Crippen molar-refractivity contribution in [2.45, 2.75) is 45.6 Å². The van der Waals surface area contributed by atoms with Crippen LogP contribution in [0.4, 0.5) is 4.79 Å². The molecule has 1 aromatic heterocycles. The molecule has 0 bridgehead atoms. The van der Waals surface area contributed by atoms with E-state index in [9.17, 15) is 9.59 Å². The summed E-state index contributed by atoms with van der Waals surface area (Å²) >= 11 is 0. The van der Waals surface area contributed by atoms with Crippen molar-refractivity contribution >= 4 is 11.9 Å². The van der Waals surface area contributed by atoms with Crippen molar-refractivity contribution in [1.29, 1.82) is 0 Å². The van der Waals surface area contributed by atoms with Crippen LogP contribution in [-0.4, -0.2) is 47.9 Å². The minimum absolute atomic E-state index is 0.0124. The van der Waals surface area contributed by atoms with E-state index in [1.54, 1.807) is 4.90 Å². The summed E-state index contributed by atoms with van der Waals surface area (Å²) in [7, 11) is 0. The fourth-order valence-electron chi connectivity index (χ4n) is 3.56. The van der Waals surface area contributed by atoms with Crippen LogP contribution in [0.1, 0.15) is 50.7 Å². The Morgan fingerprint density at radius 1 is 1.38 bits per heavy atom. The molecule has 6 nitrogen and oxygen atoms in total. The molecule has 2 aliphatic rings. The van der Waals surface area contributed by atoms with Crippen LogP contribution >= 0.6 is 0 Å². The van der Waals surface area contributed by atoms with Crippen molar-refractivity contribution < 1.29 is 14.0 Å². The first-order valence-corrected chi connectivity index (χ1v) is 8.99. The van der Waals surface area contributed by atoms with Crippen molar-refractivity contribution in [3.8, 4) is 0 Å². The Balaban J connectivity index is 1.73. The van der Waals surface area contributed by atoms with Gasteiger partial charge in [-0.3, -0.25) is 4.79 Å². The van der Waals surface area contributed by atoms with Gasteiger partial charge in [0.1, 0.15) is 18.1 Å². The predicted molar refractivity (Wildman–Crippen MR) is 90.5 cm³/mol. The molecule has 3 heterocycles. The molecule has 2 aliphatic heterocycles. The summed E-state index contributed by atoms with van der Waals surface area (Å²) in [6.45, 7) is 6.49. The van der Waals surface area contributed by atoms with Gasteiger partial charge in [0.05, 0.1) is 6.04 Å². The molecular weight excluding hydrogens is 306 g/mol. The number of hydrogen-bond donors (Lipinski definition) is 1. The van der Waals surface area contributed by atoms with Gasteiger partial charge in [-0.2, -0.15) is 0 Å². The number of aryl methyl sites for hydroxylation is 1. The molecule has 1 aromatic rings. The Morgan fingerprint density at radius 3 is 2.92 bits per heavy atom. The van der Waals surface area contributed by atoms with Gasteiger partial charge in [0, 0.05) is 26.1 Å². The van der Waals surface area contributed by atoms with Crippen LogP contribution in [0.5, 0.6) is 0 Å². The van der Waals surface area contributed by atoms with Crippen LogP contribution in [0.2, 0.25) is 0 Å². The number of likely N-dealkylation sites (tertiary alicyclic amines) is 1. The van der Waals surface area contributed by atoms with Crippen molar-refractivity contribution in [3.05, 3.63) is 23.7 Å². The zero-order valence-electron chi connectivity index (χ0n) is 14.6. The molecule has 0 aliphatic carbocycles. The Labute approximate surface area is 143 Å². The summed E-state index contributed by atoms with van der Waals surface area (Å²) in [5, 5.41) is 2.80. The molecular formula is C18H27N3O3. The van der Waals surface area contributed by atoms with Crippen molar-refractivity contribution in [2.24, 2.45) is 5.92 Å². The zero-order chi connectivity index (χ0) is 17.1. The van der Waals surface area contributed by atoms with E-state index >= 15 is 0 Å². The maximum absolute atomic E-state index is 12.8. The highest BCUT2D eigenvalue weighted by atomic mass is 16.3. The average molecular weight is 333 g/mol. The highest BCUT2D eigenvalue weighted by Crippen LogP contribution is 2.35. The van der Waals surface area contributed by atoms with E-state index < -0.39 is 0 Å². The molecule has 3 amide bonds. The third kappa shape index (κ3) is 3.57. The SMILES string of the molecule is CCc1ccc(C2CC(C)CCN2C(=O)CN2CCCNC2=O)o1. The fraction of sp³-hybridized carbons (Fsp3) is 0.667. The largest absolute Gasteiger partial charge is 0.464 e. The lowest BCUT2D eigenvalue weighted by atomic mass is 9.91. The minimum atomic E-state index is -0.136. The molecule has 2 atom stereocenters. The van der Waals surface area contributed by atoms with Crippen LogP contribution in [0, 0.1) is 5.92 Å². The number of hydrogen-bond acceptors (Lipinski definition) is 3. The Morgan fingerprint density at radius 2 is 2.21 bits per heavy atom. The van der Waals surface area contributed by atoms with Crippen LogP contribution in [0.3, 0.4) is 0 Å². The van der Waals surface area contributed by atoms with Gasteiger partial charge in [0.25, 0.3) is 0 Å². The van der Waals surface area contributed by atoms with E-state index in [1.807, 2.05) is 17.0 Å². The van der Waals surface area contributed by atoms with Crippen LogP contribution in [0.15, 0.2) is 16.5 Å². The molecule has 0 saturated carbocycles. The maximum Gasteiger partial charge on any atom is 0.317 e. The number of carbonyl (C=O) groups is 2. The second-order valence-corrected chi connectivity index (χ2v) is 6.90. The highest BCUT2D eigenvalue weighted by molar-refractivity contribution is 5.84. The highest BCUT2D eigenvalue weighted by Gasteiger charge is 2.34. The van der Waals surface area contributed by atoms with Gasteiger partial charge >= 0.3 is 6.03 Å². The quantitative estimate of drug-likeness (QED) is 0.921. The van der Waals surface area contributed by atoms with E-state index in [0.29, 0.717) is 19.0 Å². The normalized spacial score (nSPS) is 24.8. The van der Waals surface area contributed by atoms with E-state index in [0.717, 1.165) is 43.7 Å². The Hall–Kier alpha value is -1.98. The molecule has 24 heavy (non-hydrogen) atoms. The number of nitrogens with one attached hydrogen (secondary N) is 1. The van der Waals surface area contributed by atoms with Crippen LogP contribution < -0.4 is 5.32 Å². The van der Waals surface area contributed by atoms with Gasteiger partial charge in [0.2, 0.25) is 5.91 Å². The van der Waals surface area contributed by atoms with Crippen molar-refractivity contribution in [3.63, 3.8) is 0 Å². The van der Waals surface area contributed by atoms with Crippen LogP contribution in [-0.2, 0) is 11.2 Å². The predicted octanol–water partition coefficient (Wildman–Crippen LogP) is 2.56. The van der Waals surface area contributed by atoms with Crippen LogP contribution in [0.25, 0.3) is 0 Å². The molecule has 0 spiro atoms. The first-order valence-electron chi connectivity index (χ1n) is 8.99. The van der Waals surface area contributed by atoms with E-state index in [2.05, 4.69) is 19.2 Å². The summed E-state index contributed by atoms with van der Waals surface area (Å²) in [6.07, 6.45) is 3.64. The minimum Gasteiger partial charge on any atom is -0.464 e. The zero-order valence-corrected chi connectivity index (χ0v) is 14.6. The number of nitrogens with zero attached hydrogens (tertiary/aromatic N) is 2. The summed E-state index contributed by atoms with van der Waals surface area (Å²) in [5.74, 6) is 2.40. The number of amides is 3. The molecule has 3 rings (SSSR count). The Bertz CT molecular complexity index is 598. The van der Waals surface area contributed by atoms with E-state index in [1.165, 1.54) is 0 Å². The van der Waals surface area contributed by atoms with Crippen molar-refractivity contribution in [1.82, 2.24) is 15.1 Å². The van der Waals surface area contributed by atoms with Gasteiger partial charge in [-0.15, -0.1) is 0 Å². The average Bonchev–Trinajstić information content (AvgIpc) is 3.06. The molecule has 6 heteroatoms. The topological polar surface area (TPSA) is 65.8 Å². The second-order valence-electron chi connectivity index (χ2n) is 6.90. The maximum atomic E-state index is 12.8. The Kier molecular flexibility index (Phi) is 5.11. The van der Waals surface area contributed by atoms with Crippen molar-refractivity contribution in [2.75, 3.05) is 26.2 Å². The van der Waals surface area contributed by atoms with Gasteiger partial charge in [0.15, 0.2) is 0 Å². The standard InChI is InChI=1S/C18H27N3O3/c1-3-14-5-6-16(24-14)15-11-13(2)7-10-21(15)17(22)12-20-9-4-8-19-18(20)23/h5-6,13,15H,3-4,7-12H2,1-2H3,(H,19,23). The molecule has 132 valence electrons. The van der Waals surface area contributed by atoms with E-state index in [4.69, 9.17) is 4.42 Å². The van der Waals surface area contributed by atoms with Gasteiger partial charge in [-0.25, -0.2) is 4.79 Å². The number of rotatable bonds is 4. The summed E-state index contributed by atoms with van der Waals surface area (Å²) in [5.41, 5.74) is 0. The van der Waals surface area contributed by atoms with E-state index in [-0.39, 0.29) is 24.5 Å². The smallest absolute Gasteiger partial charge is 0.317 e. The lowest BCUT2D eigenvalue weighted by molar-refractivity contribution is -0.137. The summed E-state index contributed by atoms with van der Waals surface area (Å²) < 4.78 is 5.93. The molecule has 0 aromatic carbocycles. The molecule has 0 radical (unpaired) electrons. The second kappa shape index (κ2) is 7.28. The monoisotopic (exact) mass is 333 g/mol. The molecule has 2 unspecified atom stereocenters. The first kappa shape index (κ1) is 16.9. The summed E-state index contributed by atoms with van der Waals surface area (Å²) in [4.78, 5) is 28.2. The number of furan rings is 1. The number of urea groups is 1. The molecule has 2 saturated heterocycles. The lowest BCUT2D eigenvalue weighted by Crippen LogP contribution is -2.52. The molecule has 1 N–H and O–H groups in total. The lowest BCUT2D eigenvalue weighted by Gasteiger charge is -2.39. The molecule has 2 fully saturated rings. The van der Waals surface area contributed by atoms with Gasteiger partial charge in [-0.1, -0.05) is 13.8 Å². The van der Waals surface area contributed by atoms with Gasteiger partial charge < -0.3 is 19.5 Å². The third-order valence-corrected chi connectivity index (χ3v) is 5.04.